The first-order valence-corrected chi connectivity index (χ1v) is 7.70. The van der Waals surface area contributed by atoms with E-state index in [1.807, 2.05) is 42.5 Å². The molecule has 23 heavy (non-hydrogen) atoms. The van der Waals surface area contributed by atoms with Crippen LogP contribution < -0.4 is 14.8 Å². The lowest BCUT2D eigenvalue weighted by Gasteiger charge is -2.26. The van der Waals surface area contributed by atoms with E-state index in [2.05, 4.69) is 15.3 Å². The van der Waals surface area contributed by atoms with Crippen LogP contribution in [0.2, 0.25) is 5.02 Å². The number of rotatable bonds is 3. The number of halogens is 1. The molecule has 2 aromatic carbocycles. The molecule has 5 nitrogen and oxygen atoms in total. The van der Waals surface area contributed by atoms with Crippen LogP contribution >= 0.6 is 11.6 Å². The first kappa shape index (κ1) is 14.1. The molecule has 1 aliphatic rings. The summed E-state index contributed by atoms with van der Waals surface area (Å²) >= 11 is 6.00. The molecule has 0 amide bonds. The van der Waals surface area contributed by atoms with Gasteiger partial charge in [-0.05, 0) is 30.3 Å². The topological polar surface area (TPSA) is 56.3 Å². The largest absolute Gasteiger partial charge is 0.486 e. The quantitative estimate of drug-likeness (QED) is 0.797. The lowest BCUT2D eigenvalue weighted by Crippen LogP contribution is -2.35. The maximum absolute atomic E-state index is 6.00. The first-order valence-electron chi connectivity index (χ1n) is 7.32. The molecule has 1 aromatic heterocycles. The summed E-state index contributed by atoms with van der Waals surface area (Å²) in [5, 5.41) is 4.89. The van der Waals surface area contributed by atoms with Gasteiger partial charge < -0.3 is 14.8 Å². The van der Waals surface area contributed by atoms with Gasteiger partial charge in [0.05, 0.1) is 12.1 Å². The fourth-order valence-corrected chi connectivity index (χ4v) is 2.71. The van der Waals surface area contributed by atoms with Gasteiger partial charge in [0.25, 0.3) is 0 Å². The normalized spacial score (nSPS) is 16.3. The summed E-state index contributed by atoms with van der Waals surface area (Å²) in [6, 6.07) is 13.2. The van der Waals surface area contributed by atoms with Crippen molar-refractivity contribution in [1.29, 1.82) is 0 Å². The summed E-state index contributed by atoms with van der Waals surface area (Å²) in [5.41, 5.74) is 0.807. The van der Waals surface area contributed by atoms with E-state index in [1.165, 1.54) is 6.33 Å². The van der Waals surface area contributed by atoms with Crippen LogP contribution in [-0.2, 0) is 0 Å². The van der Waals surface area contributed by atoms with E-state index in [9.17, 15) is 0 Å². The van der Waals surface area contributed by atoms with Crippen molar-refractivity contribution < 1.29 is 9.47 Å². The second-order valence-corrected chi connectivity index (χ2v) is 5.70. The third kappa shape index (κ3) is 2.87. The summed E-state index contributed by atoms with van der Waals surface area (Å²) in [6.45, 7) is 1.09. The maximum atomic E-state index is 6.00. The molecule has 0 saturated heterocycles. The van der Waals surface area contributed by atoms with Crippen LogP contribution in [0.1, 0.15) is 0 Å². The molecule has 3 aromatic rings. The third-order valence-corrected chi connectivity index (χ3v) is 3.90. The molecule has 116 valence electrons. The van der Waals surface area contributed by atoms with Gasteiger partial charge in [-0.25, -0.2) is 9.97 Å². The molecule has 1 unspecified atom stereocenters. The smallest absolute Gasteiger partial charge is 0.161 e. The predicted octanol–water partition coefficient (Wildman–Crippen LogP) is 3.54. The molecule has 6 heteroatoms. The highest BCUT2D eigenvalue weighted by atomic mass is 35.5. The van der Waals surface area contributed by atoms with Crippen molar-refractivity contribution in [1.82, 2.24) is 9.97 Å². The Hall–Kier alpha value is -2.53. The van der Waals surface area contributed by atoms with E-state index in [1.54, 1.807) is 0 Å². The minimum Gasteiger partial charge on any atom is -0.486 e. The standard InChI is InChI=1S/C17H14ClN3O2/c18-11-5-6-13-14(7-11)20-10-21-17(13)19-8-12-9-22-15-3-1-2-4-16(15)23-12/h1-7,10,12H,8-9H2,(H,19,20,21). The number of nitrogens with zero attached hydrogens (tertiary/aromatic N) is 2. The minimum absolute atomic E-state index is 0.0813. The van der Waals surface area contributed by atoms with Gasteiger partial charge in [0.2, 0.25) is 0 Å². The molecule has 2 heterocycles. The Kier molecular flexibility index (Phi) is 3.63. The molecular weight excluding hydrogens is 314 g/mol. The van der Waals surface area contributed by atoms with Crippen molar-refractivity contribution in [2.24, 2.45) is 0 Å². The summed E-state index contributed by atoms with van der Waals surface area (Å²) in [4.78, 5) is 8.54. The fraction of sp³-hybridized carbons (Fsp3) is 0.176. The molecule has 1 aliphatic heterocycles. The van der Waals surface area contributed by atoms with Crippen LogP contribution in [0.5, 0.6) is 11.5 Å². The van der Waals surface area contributed by atoms with E-state index < -0.39 is 0 Å². The van der Waals surface area contributed by atoms with Gasteiger partial charge in [-0.1, -0.05) is 23.7 Å². The molecule has 0 bridgehead atoms. The Balaban J connectivity index is 1.50. The Morgan fingerprint density at radius 2 is 2.00 bits per heavy atom. The molecule has 0 saturated carbocycles. The van der Waals surface area contributed by atoms with Crippen molar-refractivity contribution >= 4 is 28.3 Å². The van der Waals surface area contributed by atoms with Gasteiger partial charge >= 0.3 is 0 Å². The molecule has 0 spiro atoms. The lowest BCUT2D eigenvalue weighted by molar-refractivity contribution is 0.0997. The van der Waals surface area contributed by atoms with Gasteiger partial charge in [-0.15, -0.1) is 0 Å². The predicted molar refractivity (Wildman–Crippen MR) is 89.4 cm³/mol. The first-order chi connectivity index (χ1) is 11.3. The minimum atomic E-state index is -0.0813. The van der Waals surface area contributed by atoms with E-state index in [-0.39, 0.29) is 6.10 Å². The molecule has 1 N–H and O–H groups in total. The van der Waals surface area contributed by atoms with Crippen LogP contribution in [0.3, 0.4) is 0 Å². The van der Waals surface area contributed by atoms with Crippen LogP contribution in [0.25, 0.3) is 10.9 Å². The second-order valence-electron chi connectivity index (χ2n) is 5.26. The van der Waals surface area contributed by atoms with Gasteiger partial charge in [0.1, 0.15) is 24.9 Å². The van der Waals surface area contributed by atoms with Crippen molar-refractivity contribution in [3.63, 3.8) is 0 Å². The van der Waals surface area contributed by atoms with E-state index >= 15 is 0 Å². The number of nitrogens with one attached hydrogen (secondary N) is 1. The maximum Gasteiger partial charge on any atom is 0.161 e. The average molecular weight is 328 g/mol. The highest BCUT2D eigenvalue weighted by Crippen LogP contribution is 2.31. The summed E-state index contributed by atoms with van der Waals surface area (Å²) < 4.78 is 11.6. The van der Waals surface area contributed by atoms with Crippen molar-refractivity contribution in [2.75, 3.05) is 18.5 Å². The van der Waals surface area contributed by atoms with Crippen molar-refractivity contribution in [2.45, 2.75) is 6.10 Å². The highest BCUT2D eigenvalue weighted by molar-refractivity contribution is 6.31. The number of aromatic nitrogens is 2. The van der Waals surface area contributed by atoms with Gasteiger partial charge in [-0.2, -0.15) is 0 Å². The van der Waals surface area contributed by atoms with Crippen LogP contribution in [0, 0.1) is 0 Å². The van der Waals surface area contributed by atoms with Gasteiger partial charge in [0.15, 0.2) is 11.5 Å². The summed E-state index contributed by atoms with van der Waals surface area (Å²) in [6.07, 6.45) is 1.44. The fourth-order valence-electron chi connectivity index (χ4n) is 2.55. The molecule has 1 atom stereocenters. The Morgan fingerprint density at radius 1 is 1.13 bits per heavy atom. The molecular formula is C17H14ClN3O2. The molecule has 0 radical (unpaired) electrons. The number of benzene rings is 2. The zero-order valence-electron chi connectivity index (χ0n) is 12.2. The van der Waals surface area contributed by atoms with Gasteiger partial charge in [0, 0.05) is 10.4 Å². The van der Waals surface area contributed by atoms with Crippen molar-refractivity contribution in [3.05, 3.63) is 53.8 Å². The Labute approximate surface area is 138 Å². The second kappa shape index (κ2) is 5.93. The number of hydrogen-bond acceptors (Lipinski definition) is 5. The molecule has 0 fully saturated rings. The van der Waals surface area contributed by atoms with Crippen LogP contribution in [0.4, 0.5) is 5.82 Å². The zero-order chi connectivity index (χ0) is 15.6. The highest BCUT2D eigenvalue weighted by Gasteiger charge is 2.20. The summed E-state index contributed by atoms with van der Waals surface area (Å²) in [7, 11) is 0. The zero-order valence-corrected chi connectivity index (χ0v) is 13.0. The van der Waals surface area contributed by atoms with Crippen molar-refractivity contribution in [3.8, 4) is 11.5 Å². The monoisotopic (exact) mass is 327 g/mol. The number of anilines is 1. The van der Waals surface area contributed by atoms with Crippen LogP contribution in [0.15, 0.2) is 48.8 Å². The number of para-hydroxylation sites is 2. The average Bonchev–Trinajstić information content (AvgIpc) is 2.59. The SMILES string of the molecule is Clc1ccc2c(NCC3COc4ccccc4O3)ncnc2c1. The summed E-state index contributed by atoms with van der Waals surface area (Å²) in [5.74, 6) is 2.31. The van der Waals surface area contributed by atoms with E-state index in [0.29, 0.717) is 18.2 Å². The van der Waals surface area contributed by atoms with E-state index in [0.717, 1.165) is 28.2 Å². The molecule has 0 aliphatic carbocycles. The van der Waals surface area contributed by atoms with E-state index in [4.69, 9.17) is 21.1 Å². The Bertz CT molecular complexity index is 856. The number of fused-ring (bicyclic) bond motifs is 2. The van der Waals surface area contributed by atoms with Gasteiger partial charge in [-0.3, -0.25) is 0 Å². The molecule has 4 rings (SSSR count). The third-order valence-electron chi connectivity index (χ3n) is 3.66. The Morgan fingerprint density at radius 3 is 2.91 bits per heavy atom. The number of ether oxygens (including phenoxy) is 2. The number of hydrogen-bond donors (Lipinski definition) is 1. The van der Waals surface area contributed by atoms with Crippen LogP contribution in [-0.4, -0.2) is 29.2 Å². The lowest BCUT2D eigenvalue weighted by atomic mass is 10.2.